The van der Waals surface area contributed by atoms with Crippen LogP contribution in [0.4, 0.5) is 5.69 Å². The molecule has 0 spiro atoms. The van der Waals surface area contributed by atoms with Gasteiger partial charge in [0.25, 0.3) is 0 Å². The zero-order valence-corrected chi connectivity index (χ0v) is 14.6. The summed E-state index contributed by atoms with van der Waals surface area (Å²) in [6.07, 6.45) is 2.63. The molecular formula is C16H24N2O4S. The summed E-state index contributed by atoms with van der Waals surface area (Å²) in [5.74, 6) is 0.215. The number of amides is 1. The van der Waals surface area contributed by atoms with Crippen LogP contribution in [-0.4, -0.2) is 44.1 Å². The van der Waals surface area contributed by atoms with E-state index in [1.807, 2.05) is 26.0 Å². The maximum Gasteiger partial charge on any atom is 0.228 e. The first-order valence-electron chi connectivity index (χ1n) is 7.78. The number of piperidine rings is 1. The van der Waals surface area contributed by atoms with E-state index in [0.717, 1.165) is 0 Å². The number of nitrogens with zero attached hydrogens (tertiary/aromatic N) is 1. The minimum absolute atomic E-state index is 0.0580. The predicted molar refractivity (Wildman–Crippen MR) is 90.0 cm³/mol. The van der Waals surface area contributed by atoms with Crippen molar-refractivity contribution in [2.24, 2.45) is 5.92 Å². The molecule has 1 saturated heterocycles. The van der Waals surface area contributed by atoms with E-state index in [1.165, 1.54) is 10.6 Å². The van der Waals surface area contributed by atoms with E-state index in [0.29, 0.717) is 30.8 Å². The van der Waals surface area contributed by atoms with E-state index in [2.05, 4.69) is 5.32 Å². The summed E-state index contributed by atoms with van der Waals surface area (Å²) in [6.45, 7) is 4.60. The molecule has 0 aromatic heterocycles. The fourth-order valence-electron chi connectivity index (χ4n) is 2.62. The van der Waals surface area contributed by atoms with E-state index >= 15 is 0 Å². The molecule has 1 N–H and O–H groups in total. The van der Waals surface area contributed by atoms with Crippen molar-refractivity contribution in [3.8, 4) is 5.75 Å². The van der Waals surface area contributed by atoms with Gasteiger partial charge in [-0.2, -0.15) is 0 Å². The van der Waals surface area contributed by atoms with Crippen LogP contribution in [0.3, 0.4) is 0 Å². The van der Waals surface area contributed by atoms with E-state index < -0.39 is 10.0 Å². The highest BCUT2D eigenvalue weighted by atomic mass is 32.2. The Kier molecular flexibility index (Phi) is 5.64. The summed E-state index contributed by atoms with van der Waals surface area (Å²) >= 11 is 0. The topological polar surface area (TPSA) is 75.7 Å². The van der Waals surface area contributed by atoms with Crippen molar-refractivity contribution in [3.05, 3.63) is 24.3 Å². The lowest BCUT2D eigenvalue weighted by atomic mass is 9.98. The van der Waals surface area contributed by atoms with Gasteiger partial charge < -0.3 is 10.1 Å². The summed E-state index contributed by atoms with van der Waals surface area (Å²) in [6, 6.07) is 7.22. The molecular weight excluding hydrogens is 316 g/mol. The standard InChI is InChI=1S/C16H24N2O4S/c1-12(2)22-15-8-4-7-14(10-15)17-16(19)13-6-5-9-18(11-13)23(3,20)21/h4,7-8,10,12-13H,5-6,9,11H2,1-3H3,(H,17,19)/t13-/m1/s1. The van der Waals surface area contributed by atoms with Crippen molar-refractivity contribution < 1.29 is 17.9 Å². The highest BCUT2D eigenvalue weighted by molar-refractivity contribution is 7.88. The fraction of sp³-hybridized carbons (Fsp3) is 0.562. The summed E-state index contributed by atoms with van der Waals surface area (Å²) in [5, 5.41) is 2.86. The molecule has 0 aliphatic carbocycles. The third-order valence-corrected chi connectivity index (χ3v) is 4.97. The van der Waals surface area contributed by atoms with Crippen molar-refractivity contribution in [1.82, 2.24) is 4.31 Å². The number of ether oxygens (including phenoxy) is 1. The zero-order valence-electron chi connectivity index (χ0n) is 13.8. The number of benzene rings is 1. The van der Waals surface area contributed by atoms with Gasteiger partial charge in [0.15, 0.2) is 0 Å². The Bertz CT molecular complexity index is 658. The predicted octanol–water partition coefficient (Wildman–Crippen LogP) is 2.08. The molecule has 2 rings (SSSR count). The number of hydrogen-bond acceptors (Lipinski definition) is 4. The third-order valence-electron chi connectivity index (χ3n) is 3.70. The number of carbonyl (C=O) groups excluding carboxylic acids is 1. The first kappa shape index (κ1) is 17.7. The second-order valence-corrected chi connectivity index (χ2v) is 8.13. The first-order chi connectivity index (χ1) is 10.8. The highest BCUT2D eigenvalue weighted by Crippen LogP contribution is 2.22. The van der Waals surface area contributed by atoms with Gasteiger partial charge in [-0.25, -0.2) is 12.7 Å². The molecule has 1 heterocycles. The van der Waals surface area contributed by atoms with Crippen molar-refractivity contribution in [1.29, 1.82) is 0 Å². The van der Waals surface area contributed by atoms with Crippen LogP contribution in [0.1, 0.15) is 26.7 Å². The molecule has 0 saturated carbocycles. The van der Waals surface area contributed by atoms with Crippen molar-refractivity contribution in [2.45, 2.75) is 32.8 Å². The lowest BCUT2D eigenvalue weighted by Crippen LogP contribution is -2.43. The van der Waals surface area contributed by atoms with E-state index in [-0.39, 0.29) is 24.5 Å². The molecule has 1 atom stereocenters. The summed E-state index contributed by atoms with van der Waals surface area (Å²) in [4.78, 5) is 12.4. The van der Waals surface area contributed by atoms with Crippen LogP contribution < -0.4 is 10.1 Å². The number of sulfonamides is 1. The van der Waals surface area contributed by atoms with Gasteiger partial charge in [0.2, 0.25) is 15.9 Å². The number of anilines is 1. The van der Waals surface area contributed by atoms with Crippen LogP contribution in [0, 0.1) is 5.92 Å². The monoisotopic (exact) mass is 340 g/mol. The average molecular weight is 340 g/mol. The minimum atomic E-state index is -3.25. The minimum Gasteiger partial charge on any atom is -0.491 e. The maximum atomic E-state index is 12.4. The molecule has 23 heavy (non-hydrogen) atoms. The van der Waals surface area contributed by atoms with E-state index in [9.17, 15) is 13.2 Å². The zero-order chi connectivity index (χ0) is 17.0. The number of nitrogens with one attached hydrogen (secondary N) is 1. The van der Waals surface area contributed by atoms with Crippen LogP contribution in [0.25, 0.3) is 0 Å². The van der Waals surface area contributed by atoms with Crippen LogP contribution in [0.2, 0.25) is 0 Å². The van der Waals surface area contributed by atoms with Gasteiger partial charge in [0.1, 0.15) is 5.75 Å². The van der Waals surface area contributed by atoms with Gasteiger partial charge in [0, 0.05) is 24.8 Å². The smallest absolute Gasteiger partial charge is 0.228 e. The van der Waals surface area contributed by atoms with Gasteiger partial charge in [-0.05, 0) is 38.8 Å². The van der Waals surface area contributed by atoms with Crippen LogP contribution in [0.5, 0.6) is 5.75 Å². The Morgan fingerprint density at radius 2 is 2.13 bits per heavy atom. The average Bonchev–Trinajstić information content (AvgIpc) is 2.46. The Labute approximate surface area is 137 Å². The van der Waals surface area contributed by atoms with E-state index in [4.69, 9.17) is 4.74 Å². The Hall–Kier alpha value is -1.60. The quantitative estimate of drug-likeness (QED) is 0.890. The molecule has 0 unspecified atom stereocenters. The maximum absolute atomic E-state index is 12.4. The van der Waals surface area contributed by atoms with Gasteiger partial charge in [-0.3, -0.25) is 4.79 Å². The molecule has 1 fully saturated rings. The van der Waals surface area contributed by atoms with E-state index in [1.54, 1.807) is 12.1 Å². The molecule has 1 aliphatic heterocycles. The molecule has 1 amide bonds. The highest BCUT2D eigenvalue weighted by Gasteiger charge is 2.30. The third kappa shape index (κ3) is 5.21. The second-order valence-electron chi connectivity index (χ2n) is 6.14. The van der Waals surface area contributed by atoms with Crippen molar-refractivity contribution >= 4 is 21.6 Å². The van der Waals surface area contributed by atoms with Gasteiger partial charge in [0.05, 0.1) is 18.3 Å². The number of carbonyl (C=O) groups is 1. The van der Waals surface area contributed by atoms with Crippen molar-refractivity contribution in [2.75, 3.05) is 24.7 Å². The Morgan fingerprint density at radius 3 is 2.78 bits per heavy atom. The SMILES string of the molecule is CC(C)Oc1cccc(NC(=O)[C@@H]2CCCN(S(C)(=O)=O)C2)c1. The molecule has 7 heteroatoms. The second kappa shape index (κ2) is 7.31. The molecule has 0 bridgehead atoms. The number of hydrogen-bond donors (Lipinski definition) is 1. The normalized spacial score (nSPS) is 19.6. The molecule has 1 aromatic rings. The largest absolute Gasteiger partial charge is 0.491 e. The summed E-state index contributed by atoms with van der Waals surface area (Å²) in [5.41, 5.74) is 0.657. The molecule has 6 nitrogen and oxygen atoms in total. The fourth-order valence-corrected chi connectivity index (χ4v) is 3.53. The Morgan fingerprint density at radius 1 is 1.39 bits per heavy atom. The Balaban J connectivity index is 2.01. The van der Waals surface area contributed by atoms with Gasteiger partial charge in [-0.1, -0.05) is 6.07 Å². The van der Waals surface area contributed by atoms with Crippen LogP contribution >= 0.6 is 0 Å². The van der Waals surface area contributed by atoms with Crippen molar-refractivity contribution in [3.63, 3.8) is 0 Å². The molecule has 128 valence electrons. The molecule has 1 aromatic carbocycles. The number of rotatable bonds is 5. The van der Waals surface area contributed by atoms with Gasteiger partial charge in [-0.15, -0.1) is 0 Å². The van der Waals surface area contributed by atoms with Gasteiger partial charge >= 0.3 is 0 Å². The lowest BCUT2D eigenvalue weighted by Gasteiger charge is -2.30. The molecule has 0 radical (unpaired) electrons. The first-order valence-corrected chi connectivity index (χ1v) is 9.63. The summed E-state index contributed by atoms with van der Waals surface area (Å²) in [7, 11) is -3.25. The molecule has 1 aliphatic rings. The summed E-state index contributed by atoms with van der Waals surface area (Å²) < 4.78 is 30.3. The van der Waals surface area contributed by atoms with Crippen LogP contribution in [0.15, 0.2) is 24.3 Å². The lowest BCUT2D eigenvalue weighted by molar-refractivity contribution is -0.120. The van der Waals surface area contributed by atoms with Crippen LogP contribution in [-0.2, 0) is 14.8 Å².